The van der Waals surface area contributed by atoms with E-state index in [4.69, 9.17) is 4.84 Å². The monoisotopic (exact) mass is 304 g/mol. The number of hydrogen-bond donors (Lipinski definition) is 3. The van der Waals surface area contributed by atoms with Gasteiger partial charge in [0.1, 0.15) is 0 Å². The minimum atomic E-state index is -0.658. The molecular formula is C15H16N2O5. The van der Waals surface area contributed by atoms with Crippen molar-refractivity contribution < 1.29 is 24.6 Å². The van der Waals surface area contributed by atoms with E-state index >= 15 is 0 Å². The molecule has 2 aromatic rings. The van der Waals surface area contributed by atoms with Crippen molar-refractivity contribution in [2.45, 2.75) is 19.3 Å². The summed E-state index contributed by atoms with van der Waals surface area (Å²) in [4.78, 5) is 28.0. The number of anilines is 1. The predicted molar refractivity (Wildman–Crippen MR) is 78.3 cm³/mol. The minimum Gasteiger partial charge on any atom is -0.492 e. The molecule has 0 saturated heterocycles. The molecule has 22 heavy (non-hydrogen) atoms. The SMILES string of the molecule is O=C(CCCC(=O)On1c(O)ccc1O)Nc1ccccc1. The molecule has 1 heterocycles. The summed E-state index contributed by atoms with van der Waals surface area (Å²) in [6, 6.07) is 11.4. The highest BCUT2D eigenvalue weighted by molar-refractivity contribution is 5.90. The summed E-state index contributed by atoms with van der Waals surface area (Å²) < 4.78 is 0.617. The van der Waals surface area contributed by atoms with E-state index < -0.39 is 5.97 Å². The molecule has 3 N–H and O–H groups in total. The Kier molecular flexibility index (Phi) is 5.02. The number of nitrogens with zero attached hydrogens (tertiary/aromatic N) is 1. The summed E-state index contributed by atoms with van der Waals surface area (Å²) in [7, 11) is 0. The number of hydrogen-bond acceptors (Lipinski definition) is 5. The molecule has 7 nitrogen and oxygen atoms in total. The first kappa shape index (κ1) is 15.4. The van der Waals surface area contributed by atoms with Gasteiger partial charge in [0, 0.05) is 30.7 Å². The van der Waals surface area contributed by atoms with Crippen molar-refractivity contribution in [1.29, 1.82) is 0 Å². The van der Waals surface area contributed by atoms with Gasteiger partial charge in [-0.3, -0.25) is 4.79 Å². The lowest BCUT2D eigenvalue weighted by molar-refractivity contribution is -0.145. The third kappa shape index (κ3) is 4.27. The second kappa shape index (κ2) is 7.16. The van der Waals surface area contributed by atoms with Crippen LogP contribution in [0.2, 0.25) is 0 Å². The van der Waals surface area contributed by atoms with E-state index in [1.807, 2.05) is 18.2 Å². The van der Waals surface area contributed by atoms with Crippen LogP contribution in [0.5, 0.6) is 11.8 Å². The summed E-state index contributed by atoms with van der Waals surface area (Å²) in [6.07, 6.45) is 0.438. The van der Waals surface area contributed by atoms with Gasteiger partial charge in [-0.2, -0.15) is 0 Å². The molecule has 0 atom stereocenters. The highest BCUT2D eigenvalue weighted by atomic mass is 16.7. The Bertz CT molecular complexity index is 632. The van der Waals surface area contributed by atoms with Gasteiger partial charge in [0.25, 0.3) is 0 Å². The molecule has 0 spiro atoms. The van der Waals surface area contributed by atoms with Crippen molar-refractivity contribution in [3.8, 4) is 11.8 Å². The van der Waals surface area contributed by atoms with Crippen LogP contribution in [0.3, 0.4) is 0 Å². The molecule has 1 amide bonds. The van der Waals surface area contributed by atoms with Crippen LogP contribution in [0.15, 0.2) is 42.5 Å². The Labute approximate surface area is 126 Å². The van der Waals surface area contributed by atoms with Gasteiger partial charge in [0.2, 0.25) is 17.7 Å². The first-order valence-corrected chi connectivity index (χ1v) is 6.72. The highest BCUT2D eigenvalue weighted by Crippen LogP contribution is 2.19. The van der Waals surface area contributed by atoms with Gasteiger partial charge < -0.3 is 20.4 Å². The van der Waals surface area contributed by atoms with E-state index in [0.29, 0.717) is 16.8 Å². The third-order valence-corrected chi connectivity index (χ3v) is 2.83. The fourth-order valence-electron chi connectivity index (χ4n) is 1.78. The van der Waals surface area contributed by atoms with Crippen molar-refractivity contribution >= 4 is 17.6 Å². The lowest BCUT2D eigenvalue weighted by Gasteiger charge is -2.07. The van der Waals surface area contributed by atoms with Gasteiger partial charge in [-0.15, -0.1) is 4.73 Å². The fraction of sp³-hybridized carbons (Fsp3) is 0.200. The molecule has 2 rings (SSSR count). The second-order valence-corrected chi connectivity index (χ2v) is 4.58. The summed E-state index contributed by atoms with van der Waals surface area (Å²) in [6.45, 7) is 0. The number of carbonyl (C=O) groups excluding carboxylic acids is 2. The number of aromatic nitrogens is 1. The zero-order chi connectivity index (χ0) is 15.9. The molecule has 0 bridgehead atoms. The highest BCUT2D eigenvalue weighted by Gasteiger charge is 2.12. The third-order valence-electron chi connectivity index (χ3n) is 2.83. The van der Waals surface area contributed by atoms with E-state index in [-0.39, 0.29) is 30.5 Å². The van der Waals surface area contributed by atoms with Crippen LogP contribution in [-0.4, -0.2) is 26.8 Å². The second-order valence-electron chi connectivity index (χ2n) is 4.58. The molecule has 1 aromatic carbocycles. The van der Waals surface area contributed by atoms with E-state index in [0.717, 1.165) is 0 Å². The molecule has 0 radical (unpaired) electrons. The quantitative estimate of drug-likeness (QED) is 0.753. The number of benzene rings is 1. The smallest absolute Gasteiger partial charge is 0.333 e. The molecule has 0 aliphatic carbocycles. The first-order chi connectivity index (χ1) is 10.6. The van der Waals surface area contributed by atoms with E-state index in [9.17, 15) is 19.8 Å². The first-order valence-electron chi connectivity index (χ1n) is 6.72. The van der Waals surface area contributed by atoms with Gasteiger partial charge in [-0.25, -0.2) is 4.79 Å². The van der Waals surface area contributed by atoms with E-state index in [1.165, 1.54) is 12.1 Å². The molecule has 0 unspecified atom stereocenters. The Hall–Kier alpha value is -2.96. The molecule has 116 valence electrons. The zero-order valence-corrected chi connectivity index (χ0v) is 11.7. The molecule has 7 heteroatoms. The predicted octanol–water partition coefficient (Wildman–Crippen LogP) is 1.66. The van der Waals surface area contributed by atoms with Gasteiger partial charge in [-0.1, -0.05) is 18.2 Å². The summed E-state index contributed by atoms with van der Waals surface area (Å²) in [5.74, 6) is -1.62. The maximum absolute atomic E-state index is 11.7. The summed E-state index contributed by atoms with van der Waals surface area (Å²) >= 11 is 0. The number of amides is 1. The van der Waals surface area contributed by atoms with Gasteiger partial charge in [0.15, 0.2) is 0 Å². The molecular weight excluding hydrogens is 288 g/mol. The van der Waals surface area contributed by atoms with Crippen LogP contribution in [0.4, 0.5) is 5.69 Å². The Morgan fingerprint density at radius 3 is 2.27 bits per heavy atom. The fourth-order valence-corrected chi connectivity index (χ4v) is 1.78. The van der Waals surface area contributed by atoms with Crippen LogP contribution in [0, 0.1) is 0 Å². The van der Waals surface area contributed by atoms with Crippen LogP contribution < -0.4 is 10.2 Å². The summed E-state index contributed by atoms with van der Waals surface area (Å²) in [5.41, 5.74) is 0.692. The normalized spacial score (nSPS) is 10.2. The lowest BCUT2D eigenvalue weighted by Crippen LogP contribution is -2.19. The topological polar surface area (TPSA) is 101 Å². The Balaban J connectivity index is 1.72. The van der Waals surface area contributed by atoms with Crippen molar-refractivity contribution in [2.24, 2.45) is 0 Å². The number of carbonyl (C=O) groups is 2. The van der Waals surface area contributed by atoms with Gasteiger partial charge in [-0.05, 0) is 18.6 Å². The zero-order valence-electron chi connectivity index (χ0n) is 11.7. The van der Waals surface area contributed by atoms with Crippen molar-refractivity contribution in [3.63, 3.8) is 0 Å². The van der Waals surface area contributed by atoms with E-state index in [1.54, 1.807) is 12.1 Å². The molecule has 1 aromatic heterocycles. The lowest BCUT2D eigenvalue weighted by atomic mass is 10.2. The molecule has 0 aliphatic heterocycles. The average Bonchev–Trinajstić information content (AvgIpc) is 2.80. The van der Waals surface area contributed by atoms with Crippen molar-refractivity contribution in [2.75, 3.05) is 5.32 Å². The standard InChI is InChI=1S/C15H16N2O5/c18-12(16-11-5-2-1-3-6-11)7-4-8-15(21)22-17-13(19)9-10-14(17)20/h1-3,5-6,9-10,19-20H,4,7-8H2,(H,16,18). The maximum Gasteiger partial charge on any atom is 0.333 e. The summed E-state index contributed by atoms with van der Waals surface area (Å²) in [5, 5.41) is 21.3. The van der Waals surface area contributed by atoms with Gasteiger partial charge >= 0.3 is 5.97 Å². The Morgan fingerprint density at radius 2 is 1.64 bits per heavy atom. The van der Waals surface area contributed by atoms with Crippen molar-refractivity contribution in [1.82, 2.24) is 4.73 Å². The average molecular weight is 304 g/mol. The minimum absolute atomic E-state index is 0.0146. The van der Waals surface area contributed by atoms with Crippen LogP contribution in [0.25, 0.3) is 0 Å². The molecule has 0 fully saturated rings. The Morgan fingerprint density at radius 1 is 1.00 bits per heavy atom. The molecule has 0 aliphatic rings. The number of aromatic hydroxyl groups is 2. The number of rotatable bonds is 6. The number of nitrogens with one attached hydrogen (secondary N) is 1. The number of para-hydroxylation sites is 1. The van der Waals surface area contributed by atoms with Crippen LogP contribution >= 0.6 is 0 Å². The largest absolute Gasteiger partial charge is 0.492 e. The van der Waals surface area contributed by atoms with Crippen LogP contribution in [-0.2, 0) is 9.59 Å². The van der Waals surface area contributed by atoms with Gasteiger partial charge in [0.05, 0.1) is 0 Å². The molecule has 0 saturated carbocycles. The maximum atomic E-state index is 11.7. The van der Waals surface area contributed by atoms with Crippen molar-refractivity contribution in [3.05, 3.63) is 42.5 Å². The van der Waals surface area contributed by atoms with E-state index in [2.05, 4.69) is 5.32 Å². The van der Waals surface area contributed by atoms with Crippen LogP contribution in [0.1, 0.15) is 19.3 Å².